The van der Waals surface area contributed by atoms with Crippen LogP contribution in [0.1, 0.15) is 0 Å². The monoisotopic (exact) mass is 207 g/mol. The average Bonchev–Trinajstić information content (AvgIpc) is 2.21. The lowest BCUT2D eigenvalue weighted by molar-refractivity contribution is 0.0688. The van der Waals surface area contributed by atoms with E-state index in [2.05, 4.69) is 5.32 Å². The van der Waals surface area contributed by atoms with Gasteiger partial charge in [-0.25, -0.2) is 0 Å². The second-order valence-corrected chi connectivity index (χ2v) is 2.69. The second-order valence-electron chi connectivity index (χ2n) is 2.69. The van der Waals surface area contributed by atoms with Gasteiger partial charge in [0, 0.05) is 20.2 Å². The molecule has 0 aromatic heterocycles. The van der Waals surface area contributed by atoms with Crippen molar-refractivity contribution in [3.63, 3.8) is 0 Å². The minimum atomic E-state index is 0.0835. The summed E-state index contributed by atoms with van der Waals surface area (Å²) in [6, 6.07) is 0. The van der Waals surface area contributed by atoms with Crippen LogP contribution in [0.5, 0.6) is 0 Å². The van der Waals surface area contributed by atoms with Crippen molar-refractivity contribution < 1.29 is 19.3 Å². The molecule has 0 aliphatic carbocycles. The van der Waals surface area contributed by atoms with Gasteiger partial charge in [0.15, 0.2) is 0 Å². The van der Waals surface area contributed by atoms with E-state index in [4.69, 9.17) is 19.3 Å². The smallest absolute Gasteiger partial charge is 0.0700 e. The first kappa shape index (κ1) is 13.8. The summed E-state index contributed by atoms with van der Waals surface area (Å²) >= 11 is 0. The Bertz CT molecular complexity index is 90.8. The van der Waals surface area contributed by atoms with Crippen molar-refractivity contribution in [1.29, 1.82) is 0 Å². The third-order valence-electron chi connectivity index (χ3n) is 1.51. The molecule has 0 heterocycles. The van der Waals surface area contributed by atoms with Crippen molar-refractivity contribution in [3.8, 4) is 0 Å². The lowest BCUT2D eigenvalue weighted by Crippen LogP contribution is -2.24. The number of hydrogen-bond acceptors (Lipinski definition) is 5. The van der Waals surface area contributed by atoms with Gasteiger partial charge < -0.3 is 24.6 Å². The van der Waals surface area contributed by atoms with E-state index in [1.165, 1.54) is 0 Å². The molecular formula is C9H21NO4. The van der Waals surface area contributed by atoms with E-state index in [0.29, 0.717) is 33.0 Å². The zero-order valence-corrected chi connectivity index (χ0v) is 8.83. The molecule has 0 atom stereocenters. The minimum absolute atomic E-state index is 0.0835. The first-order chi connectivity index (χ1) is 6.91. The van der Waals surface area contributed by atoms with E-state index in [9.17, 15) is 0 Å². The van der Waals surface area contributed by atoms with Crippen LogP contribution >= 0.6 is 0 Å². The summed E-state index contributed by atoms with van der Waals surface area (Å²) in [6.45, 7) is 4.67. The van der Waals surface area contributed by atoms with Crippen LogP contribution in [0.4, 0.5) is 0 Å². The van der Waals surface area contributed by atoms with Gasteiger partial charge in [-0.15, -0.1) is 0 Å². The number of methoxy groups -OCH3 is 1. The molecule has 0 aliphatic rings. The Morgan fingerprint density at radius 3 is 2.14 bits per heavy atom. The van der Waals surface area contributed by atoms with Crippen LogP contribution in [0.2, 0.25) is 0 Å². The Labute approximate surface area is 85.3 Å². The van der Waals surface area contributed by atoms with Crippen LogP contribution in [-0.4, -0.2) is 64.9 Å². The van der Waals surface area contributed by atoms with Gasteiger partial charge in [0.05, 0.1) is 39.6 Å². The minimum Gasteiger partial charge on any atom is -0.394 e. The molecule has 0 saturated carbocycles. The van der Waals surface area contributed by atoms with Crippen molar-refractivity contribution in [2.45, 2.75) is 0 Å². The molecule has 2 N–H and O–H groups in total. The molecule has 14 heavy (non-hydrogen) atoms. The summed E-state index contributed by atoms with van der Waals surface area (Å²) in [5, 5.41) is 11.6. The fraction of sp³-hybridized carbons (Fsp3) is 1.00. The summed E-state index contributed by atoms with van der Waals surface area (Å²) in [6.07, 6.45) is 0. The average molecular weight is 207 g/mol. The quantitative estimate of drug-likeness (QED) is 0.436. The van der Waals surface area contributed by atoms with Gasteiger partial charge in [0.2, 0.25) is 0 Å². The Balaban J connectivity index is 2.78. The van der Waals surface area contributed by atoms with Crippen LogP contribution in [-0.2, 0) is 14.2 Å². The highest BCUT2D eigenvalue weighted by Gasteiger charge is 1.89. The van der Waals surface area contributed by atoms with Crippen molar-refractivity contribution >= 4 is 0 Å². The van der Waals surface area contributed by atoms with Crippen LogP contribution in [0.15, 0.2) is 0 Å². The van der Waals surface area contributed by atoms with Crippen LogP contribution in [0, 0.1) is 0 Å². The molecule has 5 nitrogen and oxygen atoms in total. The molecule has 0 amide bonds. The first-order valence-electron chi connectivity index (χ1n) is 4.87. The standard InChI is InChI=1S/C9H21NO4/c1-12-8-9-14-6-3-10-2-5-13-7-4-11/h10-11H,2-9H2,1H3. The first-order valence-corrected chi connectivity index (χ1v) is 4.87. The maximum atomic E-state index is 8.41. The Morgan fingerprint density at radius 1 is 0.929 bits per heavy atom. The highest BCUT2D eigenvalue weighted by atomic mass is 16.5. The number of ether oxygens (including phenoxy) is 3. The van der Waals surface area contributed by atoms with Gasteiger partial charge in [0.25, 0.3) is 0 Å². The molecular weight excluding hydrogens is 186 g/mol. The van der Waals surface area contributed by atoms with Gasteiger partial charge in [-0.1, -0.05) is 0 Å². The molecule has 0 unspecified atom stereocenters. The highest BCUT2D eigenvalue weighted by Crippen LogP contribution is 1.75. The van der Waals surface area contributed by atoms with E-state index in [1.54, 1.807) is 7.11 Å². The number of aliphatic hydroxyl groups is 1. The fourth-order valence-electron chi connectivity index (χ4n) is 0.825. The third-order valence-corrected chi connectivity index (χ3v) is 1.51. The van der Waals surface area contributed by atoms with Gasteiger partial charge in [-0.05, 0) is 0 Å². The van der Waals surface area contributed by atoms with Crippen LogP contribution in [0.3, 0.4) is 0 Å². The number of hydrogen-bond donors (Lipinski definition) is 2. The van der Waals surface area contributed by atoms with E-state index in [0.717, 1.165) is 13.1 Å². The molecule has 0 radical (unpaired) electrons. The van der Waals surface area contributed by atoms with Gasteiger partial charge >= 0.3 is 0 Å². The molecule has 0 bridgehead atoms. The fourth-order valence-corrected chi connectivity index (χ4v) is 0.825. The summed E-state index contributed by atoms with van der Waals surface area (Å²) in [7, 11) is 1.65. The molecule has 0 rings (SSSR count). The van der Waals surface area contributed by atoms with E-state index in [1.807, 2.05) is 0 Å². The maximum Gasteiger partial charge on any atom is 0.0700 e. The maximum absolute atomic E-state index is 8.41. The van der Waals surface area contributed by atoms with Gasteiger partial charge in [0.1, 0.15) is 0 Å². The molecule has 0 spiro atoms. The van der Waals surface area contributed by atoms with Crippen molar-refractivity contribution in [3.05, 3.63) is 0 Å². The predicted octanol–water partition coefficient (Wildman–Crippen LogP) is -0.752. The molecule has 0 aromatic rings. The molecule has 5 heteroatoms. The lowest BCUT2D eigenvalue weighted by atomic mass is 10.6. The predicted molar refractivity (Wildman–Crippen MR) is 53.5 cm³/mol. The summed E-state index contributed by atoms with van der Waals surface area (Å²) in [5.74, 6) is 0. The van der Waals surface area contributed by atoms with E-state index < -0.39 is 0 Å². The zero-order chi connectivity index (χ0) is 10.5. The van der Waals surface area contributed by atoms with Crippen molar-refractivity contribution in [1.82, 2.24) is 5.32 Å². The molecule has 0 aliphatic heterocycles. The van der Waals surface area contributed by atoms with Crippen molar-refractivity contribution in [2.75, 3.05) is 59.8 Å². The van der Waals surface area contributed by atoms with Crippen LogP contribution < -0.4 is 5.32 Å². The SMILES string of the molecule is COCCOCCNCCOCCO. The summed E-state index contributed by atoms with van der Waals surface area (Å²) < 4.78 is 15.1. The van der Waals surface area contributed by atoms with E-state index in [-0.39, 0.29) is 6.61 Å². The lowest BCUT2D eigenvalue weighted by Gasteiger charge is -2.05. The second kappa shape index (κ2) is 12.8. The molecule has 0 fully saturated rings. The summed E-state index contributed by atoms with van der Waals surface area (Å²) in [4.78, 5) is 0. The third kappa shape index (κ3) is 11.8. The summed E-state index contributed by atoms with van der Waals surface area (Å²) in [5.41, 5.74) is 0. The molecule has 0 saturated heterocycles. The Morgan fingerprint density at radius 2 is 1.57 bits per heavy atom. The molecule has 0 aromatic carbocycles. The number of nitrogens with one attached hydrogen (secondary N) is 1. The topological polar surface area (TPSA) is 60.0 Å². The largest absolute Gasteiger partial charge is 0.394 e. The molecule has 86 valence electrons. The number of rotatable bonds is 11. The zero-order valence-electron chi connectivity index (χ0n) is 8.83. The normalized spacial score (nSPS) is 10.7. The van der Waals surface area contributed by atoms with Gasteiger partial charge in [-0.3, -0.25) is 0 Å². The van der Waals surface area contributed by atoms with Crippen molar-refractivity contribution in [2.24, 2.45) is 0 Å². The highest BCUT2D eigenvalue weighted by molar-refractivity contribution is 4.44. The Kier molecular flexibility index (Phi) is 12.6. The van der Waals surface area contributed by atoms with Crippen LogP contribution in [0.25, 0.3) is 0 Å². The number of aliphatic hydroxyl groups excluding tert-OH is 1. The Hall–Kier alpha value is -0.200. The van der Waals surface area contributed by atoms with Gasteiger partial charge in [-0.2, -0.15) is 0 Å². The van der Waals surface area contributed by atoms with E-state index >= 15 is 0 Å².